The second-order valence-corrected chi connectivity index (χ2v) is 8.69. The summed E-state index contributed by atoms with van der Waals surface area (Å²) in [5, 5.41) is 4.15. The standard InChI is InChI=1S/C25H27N3O2/c1-16-7-12-22-21(15-16)19-5-4-6-20(23(19)27-22)24(29)26-18-10-8-17(9-11-18)25(30)28-13-2-3-14-28/h4-6,8-11,16,27H,2-3,7,12-15H2,1H3,(H,26,29). The van der Waals surface area contributed by atoms with E-state index in [1.165, 1.54) is 17.7 Å². The highest BCUT2D eigenvalue weighted by Crippen LogP contribution is 2.33. The zero-order valence-corrected chi connectivity index (χ0v) is 17.3. The molecule has 2 heterocycles. The van der Waals surface area contributed by atoms with Crippen LogP contribution in [-0.2, 0) is 12.8 Å². The van der Waals surface area contributed by atoms with Crippen molar-refractivity contribution in [3.63, 3.8) is 0 Å². The summed E-state index contributed by atoms with van der Waals surface area (Å²) in [6.45, 7) is 3.96. The zero-order chi connectivity index (χ0) is 20.7. The Hall–Kier alpha value is -3.08. The maximum absolute atomic E-state index is 13.0. The monoisotopic (exact) mass is 401 g/mol. The summed E-state index contributed by atoms with van der Waals surface area (Å²) in [5.41, 5.74) is 5.58. The Bertz CT molecular complexity index is 1110. The van der Waals surface area contributed by atoms with Gasteiger partial charge in [-0.15, -0.1) is 0 Å². The minimum atomic E-state index is -0.133. The van der Waals surface area contributed by atoms with E-state index in [4.69, 9.17) is 0 Å². The van der Waals surface area contributed by atoms with Gasteiger partial charge in [-0.2, -0.15) is 0 Å². The second-order valence-electron chi connectivity index (χ2n) is 8.69. The molecule has 1 aliphatic heterocycles. The van der Waals surface area contributed by atoms with Gasteiger partial charge in [0, 0.05) is 35.4 Å². The van der Waals surface area contributed by atoms with Gasteiger partial charge in [-0.3, -0.25) is 9.59 Å². The van der Waals surface area contributed by atoms with Gasteiger partial charge in [-0.05, 0) is 73.9 Å². The van der Waals surface area contributed by atoms with Crippen LogP contribution in [0.3, 0.4) is 0 Å². The van der Waals surface area contributed by atoms with E-state index < -0.39 is 0 Å². The number of likely N-dealkylation sites (tertiary alicyclic amines) is 1. The summed E-state index contributed by atoms with van der Waals surface area (Å²) in [6.07, 6.45) is 5.44. The van der Waals surface area contributed by atoms with Crippen molar-refractivity contribution in [2.24, 2.45) is 5.92 Å². The molecule has 0 radical (unpaired) electrons. The molecule has 0 bridgehead atoms. The number of rotatable bonds is 3. The number of nitrogens with one attached hydrogen (secondary N) is 2. The summed E-state index contributed by atoms with van der Waals surface area (Å²) in [5.74, 6) is 0.614. The van der Waals surface area contributed by atoms with Gasteiger partial charge in [-0.25, -0.2) is 0 Å². The van der Waals surface area contributed by atoms with Crippen molar-refractivity contribution in [3.05, 3.63) is 64.8 Å². The molecular weight excluding hydrogens is 374 g/mol. The van der Waals surface area contributed by atoms with Gasteiger partial charge in [0.15, 0.2) is 0 Å². The van der Waals surface area contributed by atoms with Crippen LogP contribution in [0.25, 0.3) is 10.9 Å². The van der Waals surface area contributed by atoms with Crippen LogP contribution in [0.4, 0.5) is 5.69 Å². The Labute approximate surface area is 176 Å². The molecule has 1 aromatic heterocycles. The molecule has 1 atom stereocenters. The van der Waals surface area contributed by atoms with Crippen LogP contribution in [0.2, 0.25) is 0 Å². The van der Waals surface area contributed by atoms with Crippen molar-refractivity contribution >= 4 is 28.4 Å². The number of nitrogens with zero attached hydrogens (tertiary/aromatic N) is 1. The summed E-state index contributed by atoms with van der Waals surface area (Å²) < 4.78 is 0. The molecule has 5 rings (SSSR count). The fourth-order valence-electron chi connectivity index (χ4n) is 4.80. The number of aromatic amines is 1. The fraction of sp³-hybridized carbons (Fsp3) is 0.360. The lowest BCUT2D eigenvalue weighted by Gasteiger charge is -2.17. The number of aromatic nitrogens is 1. The quantitative estimate of drug-likeness (QED) is 0.663. The van der Waals surface area contributed by atoms with Crippen LogP contribution in [0, 0.1) is 5.92 Å². The van der Waals surface area contributed by atoms with Crippen LogP contribution in [-0.4, -0.2) is 34.8 Å². The Balaban J connectivity index is 1.36. The predicted octanol–water partition coefficient (Wildman–Crippen LogP) is 4.78. The fourth-order valence-corrected chi connectivity index (χ4v) is 4.80. The van der Waals surface area contributed by atoms with E-state index in [0.717, 1.165) is 49.7 Å². The zero-order valence-electron chi connectivity index (χ0n) is 17.3. The Morgan fingerprint density at radius 2 is 1.83 bits per heavy atom. The number of amides is 2. The minimum absolute atomic E-state index is 0.0707. The smallest absolute Gasteiger partial charge is 0.257 e. The number of H-pyrrole nitrogens is 1. The van der Waals surface area contributed by atoms with E-state index in [1.54, 1.807) is 12.1 Å². The summed E-state index contributed by atoms with van der Waals surface area (Å²) >= 11 is 0. The number of hydrogen-bond donors (Lipinski definition) is 2. The van der Waals surface area contributed by atoms with Gasteiger partial charge in [0.25, 0.3) is 11.8 Å². The molecule has 1 aliphatic carbocycles. The predicted molar refractivity (Wildman–Crippen MR) is 119 cm³/mol. The largest absolute Gasteiger partial charge is 0.358 e. The molecule has 1 unspecified atom stereocenters. The van der Waals surface area contributed by atoms with E-state index in [2.05, 4.69) is 23.3 Å². The van der Waals surface area contributed by atoms with Crippen LogP contribution in [0.1, 0.15) is 58.2 Å². The lowest BCUT2D eigenvalue weighted by atomic mass is 9.87. The van der Waals surface area contributed by atoms with Gasteiger partial charge in [0.2, 0.25) is 0 Å². The molecule has 5 heteroatoms. The van der Waals surface area contributed by atoms with Gasteiger partial charge in [-0.1, -0.05) is 19.1 Å². The summed E-state index contributed by atoms with van der Waals surface area (Å²) in [4.78, 5) is 30.9. The highest BCUT2D eigenvalue weighted by Gasteiger charge is 2.23. The number of fused-ring (bicyclic) bond motifs is 3. The van der Waals surface area contributed by atoms with Gasteiger partial charge >= 0.3 is 0 Å². The molecular formula is C25H27N3O2. The lowest BCUT2D eigenvalue weighted by molar-refractivity contribution is 0.0792. The second kappa shape index (κ2) is 7.63. The van der Waals surface area contributed by atoms with Crippen molar-refractivity contribution < 1.29 is 9.59 Å². The normalized spacial score (nSPS) is 18.4. The van der Waals surface area contributed by atoms with Gasteiger partial charge < -0.3 is 15.2 Å². The first-order valence-corrected chi connectivity index (χ1v) is 10.9. The van der Waals surface area contributed by atoms with Gasteiger partial charge in [0.1, 0.15) is 0 Å². The average molecular weight is 402 g/mol. The molecule has 2 amide bonds. The molecule has 2 N–H and O–H groups in total. The highest BCUT2D eigenvalue weighted by atomic mass is 16.2. The van der Waals surface area contributed by atoms with Crippen LogP contribution in [0.5, 0.6) is 0 Å². The van der Waals surface area contributed by atoms with E-state index in [-0.39, 0.29) is 11.8 Å². The average Bonchev–Trinajstić information content (AvgIpc) is 3.41. The number of benzene rings is 2. The van der Waals surface area contributed by atoms with Gasteiger partial charge in [0.05, 0.1) is 11.1 Å². The number of para-hydroxylation sites is 1. The molecule has 0 spiro atoms. The molecule has 2 aromatic carbocycles. The minimum Gasteiger partial charge on any atom is -0.358 e. The van der Waals surface area contributed by atoms with Crippen molar-refractivity contribution in [2.45, 2.75) is 39.0 Å². The third-order valence-corrected chi connectivity index (χ3v) is 6.50. The Morgan fingerprint density at radius 1 is 1.07 bits per heavy atom. The number of carbonyl (C=O) groups excluding carboxylic acids is 2. The van der Waals surface area contributed by atoms with Crippen LogP contribution >= 0.6 is 0 Å². The van der Waals surface area contributed by atoms with Crippen molar-refractivity contribution in [1.82, 2.24) is 9.88 Å². The summed E-state index contributed by atoms with van der Waals surface area (Å²) in [7, 11) is 0. The lowest BCUT2D eigenvalue weighted by Crippen LogP contribution is -2.27. The van der Waals surface area contributed by atoms with E-state index in [9.17, 15) is 9.59 Å². The molecule has 1 saturated heterocycles. The van der Waals surface area contributed by atoms with Crippen molar-refractivity contribution in [2.75, 3.05) is 18.4 Å². The molecule has 0 saturated carbocycles. The highest BCUT2D eigenvalue weighted by molar-refractivity contribution is 6.12. The first-order chi connectivity index (χ1) is 14.6. The van der Waals surface area contributed by atoms with Crippen LogP contribution in [0.15, 0.2) is 42.5 Å². The molecule has 1 fully saturated rings. The summed E-state index contributed by atoms with van der Waals surface area (Å²) in [6, 6.07) is 13.2. The maximum Gasteiger partial charge on any atom is 0.257 e. The topological polar surface area (TPSA) is 65.2 Å². The molecule has 3 aromatic rings. The number of anilines is 1. The first-order valence-electron chi connectivity index (χ1n) is 10.9. The van der Waals surface area contributed by atoms with E-state index in [1.807, 2.05) is 29.2 Å². The third kappa shape index (κ3) is 3.38. The molecule has 2 aliphatic rings. The number of aryl methyl sites for hydroxylation is 1. The third-order valence-electron chi connectivity index (χ3n) is 6.50. The molecule has 154 valence electrons. The molecule has 30 heavy (non-hydrogen) atoms. The molecule has 5 nitrogen and oxygen atoms in total. The Kier molecular flexibility index (Phi) is 4.81. The SMILES string of the molecule is CC1CCc2[nH]c3c(C(=O)Nc4ccc(C(=O)N5CCCC5)cc4)cccc3c2C1. The number of hydrogen-bond acceptors (Lipinski definition) is 2. The van der Waals surface area contributed by atoms with Crippen molar-refractivity contribution in [3.8, 4) is 0 Å². The van der Waals surface area contributed by atoms with Crippen LogP contribution < -0.4 is 5.32 Å². The maximum atomic E-state index is 13.0. The van der Waals surface area contributed by atoms with E-state index in [0.29, 0.717) is 22.7 Å². The Morgan fingerprint density at radius 3 is 2.60 bits per heavy atom. The first kappa shape index (κ1) is 18.9. The van der Waals surface area contributed by atoms with Crippen molar-refractivity contribution in [1.29, 1.82) is 0 Å². The number of carbonyl (C=O) groups is 2. The van der Waals surface area contributed by atoms with E-state index >= 15 is 0 Å².